The molecule has 2 aromatic carbocycles. The Morgan fingerprint density at radius 2 is 1.50 bits per heavy atom. The van der Waals surface area contributed by atoms with Crippen LogP contribution in [0.4, 0.5) is 32.0 Å². The van der Waals surface area contributed by atoms with E-state index in [2.05, 4.69) is 10.1 Å². The highest BCUT2D eigenvalue weighted by molar-refractivity contribution is 7.91. The Hall–Kier alpha value is -3.04. The summed E-state index contributed by atoms with van der Waals surface area (Å²) in [5.41, 5.74) is -5.52. The summed E-state index contributed by atoms with van der Waals surface area (Å²) >= 11 is 0. The van der Waals surface area contributed by atoms with Crippen LogP contribution in [-0.4, -0.2) is 39.0 Å². The molecule has 0 fully saturated rings. The lowest BCUT2D eigenvalue weighted by molar-refractivity contribution is -0.386. The van der Waals surface area contributed by atoms with E-state index in [0.29, 0.717) is 17.7 Å². The lowest BCUT2D eigenvalue weighted by Gasteiger charge is -2.36. The third kappa shape index (κ3) is 5.71. The molecule has 0 saturated heterocycles. The average molecular weight is 507 g/mol. The van der Waals surface area contributed by atoms with Crippen molar-refractivity contribution in [2.75, 3.05) is 17.7 Å². The summed E-state index contributed by atoms with van der Waals surface area (Å²) in [5, 5.41) is 2.35. The van der Waals surface area contributed by atoms with Gasteiger partial charge in [-0.3, -0.25) is 4.79 Å². The van der Waals surface area contributed by atoms with Crippen molar-refractivity contribution in [3.63, 3.8) is 0 Å². The molecule has 0 aromatic heterocycles. The average Bonchev–Trinajstić information content (AvgIpc) is 2.73. The third-order valence-electron chi connectivity index (χ3n) is 4.77. The summed E-state index contributed by atoms with van der Waals surface area (Å²) in [7, 11) is -3.42. The molecule has 0 saturated carbocycles. The van der Waals surface area contributed by atoms with E-state index in [4.69, 9.17) is 6.42 Å². The van der Waals surface area contributed by atoms with Gasteiger partial charge in [-0.2, -0.15) is 26.3 Å². The minimum Gasteiger partial charge on any atom is -0.341 e. The van der Waals surface area contributed by atoms with Gasteiger partial charge in [0.05, 0.1) is 17.1 Å². The number of halogens is 6. The Morgan fingerprint density at radius 1 is 0.971 bits per heavy atom. The monoisotopic (exact) mass is 507 g/mol. The van der Waals surface area contributed by atoms with Gasteiger partial charge < -0.3 is 10.1 Å². The molecule has 1 N–H and O–H groups in total. The quantitative estimate of drug-likeness (QED) is 0.418. The van der Waals surface area contributed by atoms with Crippen molar-refractivity contribution in [3.05, 3.63) is 59.7 Å². The van der Waals surface area contributed by atoms with Crippen LogP contribution in [0.3, 0.4) is 0 Å². The number of hydrogen-bond acceptors (Lipinski definition) is 4. The molecule has 2 aromatic rings. The molecule has 0 heterocycles. The van der Waals surface area contributed by atoms with Crippen molar-refractivity contribution >= 4 is 21.4 Å². The van der Waals surface area contributed by atoms with Crippen LogP contribution in [0.25, 0.3) is 0 Å². The molecule has 0 bridgehead atoms. The number of alkyl halides is 6. The molecule has 34 heavy (non-hydrogen) atoms. The maximum atomic E-state index is 13.5. The number of hydrogen-bond donors (Lipinski definition) is 1. The normalized spacial score (nSPS) is 12.8. The molecule has 12 heteroatoms. The maximum absolute atomic E-state index is 13.5. The van der Waals surface area contributed by atoms with Crippen LogP contribution >= 0.6 is 0 Å². The van der Waals surface area contributed by atoms with E-state index in [1.54, 1.807) is 5.92 Å². The van der Waals surface area contributed by atoms with Crippen molar-refractivity contribution in [3.8, 4) is 12.3 Å². The number of amides is 1. The lowest BCUT2D eigenvalue weighted by atomic mass is 9.91. The van der Waals surface area contributed by atoms with E-state index in [-0.39, 0.29) is 22.8 Å². The molecule has 0 atom stereocenters. The standard InChI is InChI=1S/C22H19F6NO4S/c1-3-13-33-20(21(23,24)25,22(26,27)28)16-7-9-17(10-8-16)29-19(30)14-15-5-11-18(12-6-15)34(31,32)4-2/h1,5-12H,4,13-14H2,2H3,(H,29,30). The fourth-order valence-corrected chi connectivity index (χ4v) is 3.93. The lowest BCUT2D eigenvalue weighted by Crippen LogP contribution is -2.56. The molecule has 184 valence electrons. The van der Waals surface area contributed by atoms with Gasteiger partial charge in [-0.15, -0.1) is 6.42 Å². The topological polar surface area (TPSA) is 72.5 Å². The Labute approximate surface area is 192 Å². The molecular weight excluding hydrogens is 488 g/mol. The van der Waals surface area contributed by atoms with Gasteiger partial charge in [0.2, 0.25) is 5.91 Å². The summed E-state index contributed by atoms with van der Waals surface area (Å²) in [6.45, 7) is 0.243. The van der Waals surface area contributed by atoms with Crippen molar-refractivity contribution in [2.24, 2.45) is 0 Å². The van der Waals surface area contributed by atoms with Gasteiger partial charge in [0, 0.05) is 11.3 Å². The summed E-state index contributed by atoms with van der Waals surface area (Å²) < 4.78 is 109. The molecule has 0 spiro atoms. The molecule has 0 radical (unpaired) electrons. The molecule has 0 aliphatic heterocycles. The summed E-state index contributed by atoms with van der Waals surface area (Å²) in [6.07, 6.45) is -7.16. The number of benzene rings is 2. The van der Waals surface area contributed by atoms with Crippen LogP contribution in [-0.2, 0) is 31.4 Å². The van der Waals surface area contributed by atoms with Crippen molar-refractivity contribution < 1.29 is 44.3 Å². The summed E-state index contributed by atoms with van der Waals surface area (Å²) in [5.74, 6) is 0.879. The fraction of sp³-hybridized carbons (Fsp3) is 0.318. The van der Waals surface area contributed by atoms with E-state index in [0.717, 1.165) is 12.1 Å². The number of carbonyl (C=O) groups excluding carboxylic acids is 1. The van der Waals surface area contributed by atoms with Gasteiger partial charge in [0.25, 0.3) is 5.60 Å². The predicted molar refractivity (Wildman–Crippen MR) is 112 cm³/mol. The van der Waals surface area contributed by atoms with Gasteiger partial charge in [-0.05, 0) is 29.8 Å². The Bertz CT molecular complexity index is 1130. The van der Waals surface area contributed by atoms with E-state index < -0.39 is 45.9 Å². The minimum atomic E-state index is -5.87. The first kappa shape index (κ1) is 27.2. The Morgan fingerprint density at radius 3 is 1.94 bits per heavy atom. The Kier molecular flexibility index (Phi) is 8.06. The van der Waals surface area contributed by atoms with Crippen LogP contribution in [0.2, 0.25) is 0 Å². The van der Waals surface area contributed by atoms with Gasteiger partial charge in [0.15, 0.2) is 9.84 Å². The predicted octanol–water partition coefficient (Wildman–Crippen LogP) is 4.63. The largest absolute Gasteiger partial charge is 0.430 e. The maximum Gasteiger partial charge on any atom is 0.430 e. The first-order valence-corrected chi connectivity index (χ1v) is 11.3. The van der Waals surface area contributed by atoms with E-state index in [1.807, 2.05) is 0 Å². The van der Waals surface area contributed by atoms with Crippen molar-refractivity contribution in [1.82, 2.24) is 0 Å². The van der Waals surface area contributed by atoms with Crippen LogP contribution < -0.4 is 5.32 Å². The molecule has 2 rings (SSSR count). The highest BCUT2D eigenvalue weighted by atomic mass is 32.2. The molecule has 0 aliphatic rings. The summed E-state index contributed by atoms with van der Waals surface area (Å²) in [6, 6.07) is 8.34. The number of rotatable bonds is 8. The number of nitrogens with one attached hydrogen (secondary N) is 1. The SMILES string of the molecule is C#CCOC(c1ccc(NC(=O)Cc2ccc(S(=O)(=O)CC)cc2)cc1)(C(F)(F)F)C(F)(F)F. The smallest absolute Gasteiger partial charge is 0.341 e. The first-order chi connectivity index (χ1) is 15.7. The minimum absolute atomic E-state index is 0.0610. The van der Waals surface area contributed by atoms with Gasteiger partial charge in [0.1, 0.15) is 6.61 Å². The van der Waals surface area contributed by atoms with Crippen LogP contribution in [0.15, 0.2) is 53.4 Å². The molecular formula is C22H19F6NO4S. The van der Waals surface area contributed by atoms with Crippen LogP contribution in [0.1, 0.15) is 18.1 Å². The van der Waals surface area contributed by atoms with E-state index in [9.17, 15) is 39.6 Å². The zero-order valence-corrected chi connectivity index (χ0v) is 18.4. The molecule has 0 aliphatic carbocycles. The zero-order valence-electron chi connectivity index (χ0n) is 17.6. The highest BCUT2D eigenvalue weighted by Gasteiger charge is 2.73. The van der Waals surface area contributed by atoms with Gasteiger partial charge in [-0.25, -0.2) is 8.42 Å². The van der Waals surface area contributed by atoms with Gasteiger partial charge >= 0.3 is 12.4 Å². The molecule has 1 amide bonds. The van der Waals surface area contributed by atoms with E-state index in [1.165, 1.54) is 31.2 Å². The number of sulfone groups is 1. The van der Waals surface area contributed by atoms with Crippen LogP contribution in [0.5, 0.6) is 0 Å². The van der Waals surface area contributed by atoms with Gasteiger partial charge in [-0.1, -0.05) is 37.1 Å². The summed E-state index contributed by atoms with van der Waals surface area (Å²) in [4.78, 5) is 12.3. The van der Waals surface area contributed by atoms with Crippen molar-refractivity contribution in [2.45, 2.75) is 36.2 Å². The molecule has 5 nitrogen and oxygen atoms in total. The molecule has 0 unspecified atom stereocenters. The zero-order chi connectivity index (χ0) is 25.8. The highest BCUT2D eigenvalue weighted by Crippen LogP contribution is 2.53. The Balaban J connectivity index is 2.22. The number of ether oxygens (including phenoxy) is 1. The second-order valence-electron chi connectivity index (χ2n) is 7.02. The first-order valence-electron chi connectivity index (χ1n) is 9.61. The second-order valence-corrected chi connectivity index (χ2v) is 9.30. The van der Waals surface area contributed by atoms with Crippen LogP contribution in [0, 0.1) is 12.3 Å². The number of carbonyl (C=O) groups is 1. The van der Waals surface area contributed by atoms with Crippen molar-refractivity contribution in [1.29, 1.82) is 0 Å². The third-order valence-corrected chi connectivity index (χ3v) is 6.52. The number of terminal acetylenes is 1. The fourth-order valence-electron chi connectivity index (χ4n) is 3.05. The number of anilines is 1. The second kappa shape index (κ2) is 10.1. The van der Waals surface area contributed by atoms with E-state index >= 15 is 0 Å².